The zero-order valence-corrected chi connectivity index (χ0v) is 17.5. The van der Waals surface area contributed by atoms with Crippen LogP contribution in [0.3, 0.4) is 0 Å². The van der Waals surface area contributed by atoms with E-state index in [-0.39, 0.29) is 5.91 Å². The third kappa shape index (κ3) is 4.13. The van der Waals surface area contributed by atoms with Gasteiger partial charge in [-0.2, -0.15) is 0 Å². The van der Waals surface area contributed by atoms with E-state index in [2.05, 4.69) is 33.5 Å². The third-order valence-corrected chi connectivity index (χ3v) is 6.28. The minimum Gasteiger partial charge on any atom is -0.348 e. The van der Waals surface area contributed by atoms with Gasteiger partial charge in [-0.1, -0.05) is 36.0 Å². The molecule has 0 fully saturated rings. The Kier molecular flexibility index (Phi) is 5.33. The summed E-state index contributed by atoms with van der Waals surface area (Å²) in [6.45, 7) is 0.466. The quantitative estimate of drug-likeness (QED) is 0.419. The maximum Gasteiger partial charge on any atom is 0.251 e. The van der Waals surface area contributed by atoms with Gasteiger partial charge in [0, 0.05) is 46.1 Å². The number of nitrogens with one attached hydrogen (secondary N) is 1. The average Bonchev–Trinajstić information content (AvgIpc) is 3.00. The monoisotopic (exact) mass is 421 g/mol. The van der Waals surface area contributed by atoms with E-state index in [4.69, 9.17) is 0 Å². The number of rotatable bonds is 4. The molecule has 1 aliphatic rings. The van der Waals surface area contributed by atoms with E-state index in [0.717, 1.165) is 32.9 Å². The lowest BCUT2D eigenvalue weighted by atomic mass is 9.98. The molecule has 31 heavy (non-hydrogen) atoms. The average molecular weight is 422 g/mol. The molecule has 0 spiro atoms. The van der Waals surface area contributed by atoms with Gasteiger partial charge in [-0.15, -0.1) is 0 Å². The van der Waals surface area contributed by atoms with Gasteiger partial charge in [0.2, 0.25) is 0 Å². The van der Waals surface area contributed by atoms with Crippen LogP contribution < -0.4 is 5.32 Å². The Morgan fingerprint density at radius 1 is 0.871 bits per heavy atom. The van der Waals surface area contributed by atoms with Gasteiger partial charge in [0.1, 0.15) is 0 Å². The van der Waals surface area contributed by atoms with Crippen molar-refractivity contribution in [3.8, 4) is 0 Å². The maximum absolute atomic E-state index is 12.8. The zero-order chi connectivity index (χ0) is 21.0. The van der Waals surface area contributed by atoms with Crippen LogP contribution in [0.4, 0.5) is 0 Å². The van der Waals surface area contributed by atoms with E-state index in [9.17, 15) is 4.79 Å². The summed E-state index contributed by atoms with van der Waals surface area (Å²) < 4.78 is 0. The molecule has 0 bridgehead atoms. The molecule has 5 rings (SSSR count). The Labute approximate surface area is 185 Å². The van der Waals surface area contributed by atoms with Crippen LogP contribution in [-0.2, 0) is 6.54 Å². The van der Waals surface area contributed by atoms with E-state index in [1.165, 1.54) is 4.90 Å². The summed E-state index contributed by atoms with van der Waals surface area (Å²) in [7, 11) is 0. The van der Waals surface area contributed by atoms with Crippen molar-refractivity contribution < 1.29 is 4.79 Å². The highest BCUT2D eigenvalue weighted by Crippen LogP contribution is 2.42. The van der Waals surface area contributed by atoms with E-state index in [1.54, 1.807) is 30.4 Å². The molecular weight excluding hydrogens is 402 g/mol. The molecular formula is C26H19N3OS. The lowest BCUT2D eigenvalue weighted by molar-refractivity contribution is 0.0951. The number of hydrogen-bond donors (Lipinski definition) is 1. The molecule has 0 aliphatic carbocycles. The van der Waals surface area contributed by atoms with Gasteiger partial charge in [-0.3, -0.25) is 14.8 Å². The summed E-state index contributed by atoms with van der Waals surface area (Å²) in [5.74, 6) is -0.0980. The van der Waals surface area contributed by atoms with Gasteiger partial charge in [0.05, 0.1) is 5.69 Å². The Balaban J connectivity index is 1.51. The van der Waals surface area contributed by atoms with Crippen molar-refractivity contribution in [3.05, 3.63) is 119 Å². The summed E-state index contributed by atoms with van der Waals surface area (Å²) in [6.07, 6.45) is 7.39. The molecule has 1 amide bonds. The molecule has 1 aliphatic heterocycles. The standard InChI is InChI=1S/C26H19N3OS/c30-26(29-17-18-10-13-27-14-11-18)19-8-9-24-20(15-19)16-22(23-6-3-4-12-28-23)21-5-1-2-7-25(21)31-24/h1-16H,17H2,(H,29,30). The van der Waals surface area contributed by atoms with Gasteiger partial charge in [-0.05, 0) is 71.3 Å². The van der Waals surface area contributed by atoms with E-state index in [1.807, 2.05) is 60.7 Å². The number of fused-ring (bicyclic) bond motifs is 2. The summed E-state index contributed by atoms with van der Waals surface area (Å²) in [6, 6.07) is 23.9. The fraction of sp³-hybridized carbons (Fsp3) is 0.0385. The highest BCUT2D eigenvalue weighted by molar-refractivity contribution is 7.99. The van der Waals surface area contributed by atoms with Crippen molar-refractivity contribution in [2.45, 2.75) is 16.3 Å². The molecule has 150 valence electrons. The third-order valence-electron chi connectivity index (χ3n) is 5.11. The van der Waals surface area contributed by atoms with E-state index >= 15 is 0 Å². The lowest BCUT2D eigenvalue weighted by Crippen LogP contribution is -2.22. The van der Waals surface area contributed by atoms with Crippen LogP contribution in [0.25, 0.3) is 11.6 Å². The Morgan fingerprint density at radius 2 is 1.71 bits per heavy atom. The van der Waals surface area contributed by atoms with Crippen LogP contribution in [0, 0.1) is 0 Å². The van der Waals surface area contributed by atoms with Crippen molar-refractivity contribution in [3.63, 3.8) is 0 Å². The second-order valence-corrected chi connectivity index (χ2v) is 8.25. The van der Waals surface area contributed by atoms with Crippen LogP contribution >= 0.6 is 11.8 Å². The largest absolute Gasteiger partial charge is 0.348 e. The Morgan fingerprint density at radius 3 is 2.55 bits per heavy atom. The number of carbonyl (C=O) groups is 1. The highest BCUT2D eigenvalue weighted by atomic mass is 32.2. The molecule has 2 aromatic heterocycles. The first-order valence-electron chi connectivity index (χ1n) is 9.99. The molecule has 3 heterocycles. The van der Waals surface area contributed by atoms with Crippen LogP contribution in [-0.4, -0.2) is 15.9 Å². The smallest absolute Gasteiger partial charge is 0.251 e. The van der Waals surface area contributed by atoms with E-state index in [0.29, 0.717) is 12.1 Å². The van der Waals surface area contributed by atoms with Gasteiger partial charge in [0.25, 0.3) is 5.91 Å². The SMILES string of the molecule is O=C(NCc1ccncc1)c1ccc2c(c1)C=C(c1ccccn1)c1ccccc1S2. The minimum atomic E-state index is -0.0980. The first kappa shape index (κ1) is 19.3. The van der Waals surface area contributed by atoms with Crippen molar-refractivity contribution >= 4 is 29.3 Å². The van der Waals surface area contributed by atoms with Crippen molar-refractivity contribution in [1.82, 2.24) is 15.3 Å². The minimum absolute atomic E-state index is 0.0980. The Bertz CT molecular complexity index is 1270. The van der Waals surface area contributed by atoms with Gasteiger partial charge in [-0.25, -0.2) is 0 Å². The summed E-state index contributed by atoms with van der Waals surface area (Å²) in [5, 5.41) is 2.99. The number of hydrogen-bond acceptors (Lipinski definition) is 4. The number of aromatic nitrogens is 2. The van der Waals surface area contributed by atoms with Gasteiger partial charge < -0.3 is 5.32 Å². The van der Waals surface area contributed by atoms with Crippen LogP contribution in [0.15, 0.2) is 101 Å². The summed E-state index contributed by atoms with van der Waals surface area (Å²) in [4.78, 5) is 23.7. The fourth-order valence-electron chi connectivity index (χ4n) is 3.54. The van der Waals surface area contributed by atoms with Crippen molar-refractivity contribution in [1.29, 1.82) is 0 Å². The Hall–Kier alpha value is -3.70. The first-order chi connectivity index (χ1) is 15.3. The fourth-order valence-corrected chi connectivity index (χ4v) is 4.59. The number of carbonyl (C=O) groups excluding carboxylic acids is 1. The first-order valence-corrected chi connectivity index (χ1v) is 10.8. The predicted molar refractivity (Wildman–Crippen MR) is 124 cm³/mol. The number of benzene rings is 2. The molecule has 4 nitrogen and oxygen atoms in total. The van der Waals surface area contributed by atoms with E-state index < -0.39 is 0 Å². The van der Waals surface area contributed by atoms with Gasteiger partial charge in [0.15, 0.2) is 0 Å². The topological polar surface area (TPSA) is 54.9 Å². The molecule has 0 saturated carbocycles. The second-order valence-electron chi connectivity index (χ2n) is 7.16. The molecule has 4 aromatic rings. The summed E-state index contributed by atoms with van der Waals surface area (Å²) >= 11 is 1.71. The molecule has 2 aromatic carbocycles. The number of pyridine rings is 2. The van der Waals surface area contributed by atoms with Crippen LogP contribution in [0.2, 0.25) is 0 Å². The number of amides is 1. The molecule has 0 unspecified atom stereocenters. The van der Waals surface area contributed by atoms with Crippen molar-refractivity contribution in [2.24, 2.45) is 0 Å². The van der Waals surface area contributed by atoms with Crippen molar-refractivity contribution in [2.75, 3.05) is 0 Å². The predicted octanol–water partition coefficient (Wildman–Crippen LogP) is 5.46. The summed E-state index contributed by atoms with van der Waals surface area (Å²) in [5.41, 5.74) is 5.77. The zero-order valence-electron chi connectivity index (χ0n) is 16.7. The van der Waals surface area contributed by atoms with Crippen LogP contribution in [0.5, 0.6) is 0 Å². The van der Waals surface area contributed by atoms with Crippen LogP contribution in [0.1, 0.15) is 32.7 Å². The molecule has 0 atom stereocenters. The second kappa shape index (κ2) is 8.58. The normalized spacial score (nSPS) is 12.2. The molecule has 5 heteroatoms. The molecule has 0 radical (unpaired) electrons. The lowest BCUT2D eigenvalue weighted by Gasteiger charge is -2.09. The highest BCUT2D eigenvalue weighted by Gasteiger charge is 2.19. The molecule has 0 saturated heterocycles. The molecule has 1 N–H and O–H groups in total. The maximum atomic E-state index is 12.8. The number of nitrogens with zero attached hydrogens (tertiary/aromatic N) is 2. The van der Waals surface area contributed by atoms with Gasteiger partial charge >= 0.3 is 0 Å².